The number of nitrogens with zero attached hydrogens (tertiary/aromatic N) is 5. The zero-order valence-corrected chi connectivity index (χ0v) is 14.2. The third-order valence-electron chi connectivity index (χ3n) is 4.09. The Balaban J connectivity index is 1.46. The van der Waals surface area contributed by atoms with E-state index in [2.05, 4.69) is 14.9 Å². The van der Waals surface area contributed by atoms with Gasteiger partial charge in [0.2, 0.25) is 11.9 Å². The van der Waals surface area contributed by atoms with Crippen molar-refractivity contribution in [2.75, 3.05) is 44.7 Å². The SMILES string of the molecule is Cc1ccc(CN(C)CC(=O)N2CCN(c3ncccn3)CC2)o1. The standard InChI is InChI=1S/C17H23N5O2/c1-14-4-5-15(24-14)12-20(2)13-16(23)21-8-10-22(11-9-21)17-18-6-3-7-19-17/h3-7H,8-13H2,1-2H3. The molecule has 1 amide bonds. The number of piperazine rings is 1. The molecule has 1 aliphatic heterocycles. The molecule has 0 aromatic carbocycles. The molecule has 128 valence electrons. The summed E-state index contributed by atoms with van der Waals surface area (Å²) < 4.78 is 5.56. The van der Waals surface area contributed by atoms with Crippen molar-refractivity contribution in [2.45, 2.75) is 13.5 Å². The summed E-state index contributed by atoms with van der Waals surface area (Å²) in [5, 5.41) is 0. The highest BCUT2D eigenvalue weighted by molar-refractivity contribution is 5.78. The number of likely N-dealkylation sites (N-methyl/N-ethyl adjacent to an activating group) is 1. The van der Waals surface area contributed by atoms with Gasteiger partial charge in [0, 0.05) is 38.6 Å². The molecule has 1 saturated heterocycles. The average molecular weight is 329 g/mol. The number of rotatable bonds is 5. The summed E-state index contributed by atoms with van der Waals surface area (Å²) in [6, 6.07) is 5.70. The van der Waals surface area contributed by atoms with Gasteiger partial charge in [-0.05, 0) is 32.2 Å². The summed E-state index contributed by atoms with van der Waals surface area (Å²) in [7, 11) is 1.93. The molecular formula is C17H23N5O2. The van der Waals surface area contributed by atoms with Crippen LogP contribution in [0.15, 0.2) is 35.0 Å². The number of hydrogen-bond donors (Lipinski definition) is 0. The third-order valence-corrected chi connectivity index (χ3v) is 4.09. The van der Waals surface area contributed by atoms with E-state index in [0.29, 0.717) is 26.2 Å². The smallest absolute Gasteiger partial charge is 0.236 e. The maximum atomic E-state index is 12.5. The molecule has 3 heterocycles. The van der Waals surface area contributed by atoms with Gasteiger partial charge in [-0.25, -0.2) is 9.97 Å². The fourth-order valence-corrected chi connectivity index (χ4v) is 2.83. The first-order chi connectivity index (χ1) is 11.6. The molecule has 0 atom stereocenters. The quantitative estimate of drug-likeness (QED) is 0.820. The van der Waals surface area contributed by atoms with Gasteiger partial charge < -0.3 is 14.2 Å². The molecule has 0 radical (unpaired) electrons. The number of anilines is 1. The first-order valence-electron chi connectivity index (χ1n) is 8.15. The summed E-state index contributed by atoms with van der Waals surface area (Å²) in [4.78, 5) is 27.0. The maximum Gasteiger partial charge on any atom is 0.236 e. The van der Waals surface area contributed by atoms with Gasteiger partial charge in [-0.15, -0.1) is 0 Å². The first-order valence-corrected chi connectivity index (χ1v) is 8.15. The summed E-state index contributed by atoms with van der Waals surface area (Å²) in [6.45, 7) is 5.87. The number of carbonyl (C=O) groups excluding carboxylic acids is 1. The molecule has 1 aliphatic rings. The fraction of sp³-hybridized carbons (Fsp3) is 0.471. The number of aryl methyl sites for hydroxylation is 1. The van der Waals surface area contributed by atoms with Crippen molar-refractivity contribution in [3.05, 3.63) is 42.1 Å². The summed E-state index contributed by atoms with van der Waals surface area (Å²) in [5.41, 5.74) is 0. The van der Waals surface area contributed by atoms with Crippen molar-refractivity contribution in [3.8, 4) is 0 Å². The van der Waals surface area contributed by atoms with Crippen molar-refractivity contribution in [3.63, 3.8) is 0 Å². The van der Waals surface area contributed by atoms with Gasteiger partial charge in [-0.2, -0.15) is 0 Å². The number of carbonyl (C=O) groups is 1. The minimum absolute atomic E-state index is 0.148. The van der Waals surface area contributed by atoms with E-state index in [1.807, 2.05) is 35.9 Å². The van der Waals surface area contributed by atoms with Gasteiger partial charge in [-0.3, -0.25) is 9.69 Å². The van der Waals surface area contributed by atoms with Crippen molar-refractivity contribution < 1.29 is 9.21 Å². The molecule has 24 heavy (non-hydrogen) atoms. The van der Waals surface area contributed by atoms with E-state index in [9.17, 15) is 4.79 Å². The van der Waals surface area contributed by atoms with Gasteiger partial charge in [0.05, 0.1) is 13.1 Å². The van der Waals surface area contributed by atoms with Crippen LogP contribution in [0.3, 0.4) is 0 Å². The lowest BCUT2D eigenvalue weighted by atomic mass is 10.3. The van der Waals surface area contributed by atoms with Crippen molar-refractivity contribution in [1.29, 1.82) is 0 Å². The highest BCUT2D eigenvalue weighted by atomic mass is 16.3. The molecule has 0 bridgehead atoms. The normalized spacial score (nSPS) is 15.1. The highest BCUT2D eigenvalue weighted by Crippen LogP contribution is 2.11. The second kappa shape index (κ2) is 7.44. The third kappa shape index (κ3) is 4.11. The van der Waals surface area contributed by atoms with Crippen LogP contribution in [-0.2, 0) is 11.3 Å². The summed E-state index contributed by atoms with van der Waals surface area (Å²) >= 11 is 0. The lowest BCUT2D eigenvalue weighted by molar-refractivity contribution is -0.132. The Morgan fingerprint density at radius 3 is 2.54 bits per heavy atom. The molecule has 1 fully saturated rings. The summed E-state index contributed by atoms with van der Waals surface area (Å²) in [6.07, 6.45) is 3.48. The molecular weight excluding hydrogens is 306 g/mol. The molecule has 0 unspecified atom stereocenters. The van der Waals surface area contributed by atoms with E-state index >= 15 is 0 Å². The minimum atomic E-state index is 0.148. The highest BCUT2D eigenvalue weighted by Gasteiger charge is 2.23. The van der Waals surface area contributed by atoms with Crippen LogP contribution < -0.4 is 4.90 Å². The molecule has 7 heteroatoms. The molecule has 0 N–H and O–H groups in total. The van der Waals surface area contributed by atoms with E-state index in [1.165, 1.54) is 0 Å². The molecule has 2 aromatic rings. The molecule has 7 nitrogen and oxygen atoms in total. The largest absolute Gasteiger partial charge is 0.465 e. The van der Waals surface area contributed by atoms with Gasteiger partial charge in [0.15, 0.2) is 0 Å². The van der Waals surface area contributed by atoms with Gasteiger partial charge >= 0.3 is 0 Å². The lowest BCUT2D eigenvalue weighted by Crippen LogP contribution is -2.51. The van der Waals surface area contributed by atoms with E-state index < -0.39 is 0 Å². The van der Waals surface area contributed by atoms with Crippen LogP contribution >= 0.6 is 0 Å². The van der Waals surface area contributed by atoms with Gasteiger partial charge in [0.1, 0.15) is 11.5 Å². The van der Waals surface area contributed by atoms with E-state index in [1.54, 1.807) is 18.5 Å². The number of hydrogen-bond acceptors (Lipinski definition) is 6. The Morgan fingerprint density at radius 1 is 1.21 bits per heavy atom. The van der Waals surface area contributed by atoms with Crippen LogP contribution in [0, 0.1) is 6.92 Å². The second-order valence-electron chi connectivity index (χ2n) is 6.10. The van der Waals surface area contributed by atoms with Gasteiger partial charge in [0.25, 0.3) is 0 Å². The Bertz CT molecular complexity index is 665. The predicted molar refractivity (Wildman–Crippen MR) is 90.6 cm³/mol. The van der Waals surface area contributed by atoms with Crippen LogP contribution in [0.5, 0.6) is 0 Å². The Kier molecular flexibility index (Phi) is 5.10. The Labute approximate surface area is 141 Å². The van der Waals surface area contributed by atoms with Crippen LogP contribution in [0.4, 0.5) is 5.95 Å². The van der Waals surface area contributed by atoms with Crippen molar-refractivity contribution >= 4 is 11.9 Å². The average Bonchev–Trinajstić information content (AvgIpc) is 3.00. The predicted octanol–water partition coefficient (Wildman–Crippen LogP) is 1.16. The fourth-order valence-electron chi connectivity index (χ4n) is 2.83. The number of aromatic nitrogens is 2. The Hall–Kier alpha value is -2.41. The summed E-state index contributed by atoms with van der Waals surface area (Å²) in [5.74, 6) is 2.65. The number of amides is 1. The van der Waals surface area contributed by atoms with Crippen LogP contribution in [0.2, 0.25) is 0 Å². The van der Waals surface area contributed by atoms with Crippen LogP contribution in [0.1, 0.15) is 11.5 Å². The Morgan fingerprint density at radius 2 is 1.92 bits per heavy atom. The zero-order chi connectivity index (χ0) is 16.9. The zero-order valence-electron chi connectivity index (χ0n) is 14.2. The molecule has 2 aromatic heterocycles. The number of furan rings is 1. The molecule has 3 rings (SSSR count). The van der Waals surface area contributed by atoms with E-state index in [4.69, 9.17) is 4.42 Å². The molecule has 0 aliphatic carbocycles. The van der Waals surface area contributed by atoms with E-state index in [0.717, 1.165) is 30.6 Å². The van der Waals surface area contributed by atoms with Gasteiger partial charge in [-0.1, -0.05) is 0 Å². The second-order valence-corrected chi connectivity index (χ2v) is 6.10. The van der Waals surface area contributed by atoms with Crippen LogP contribution in [0.25, 0.3) is 0 Å². The van der Waals surface area contributed by atoms with Crippen molar-refractivity contribution in [1.82, 2.24) is 19.8 Å². The first kappa shape index (κ1) is 16.4. The van der Waals surface area contributed by atoms with E-state index in [-0.39, 0.29) is 5.91 Å². The molecule has 0 spiro atoms. The minimum Gasteiger partial charge on any atom is -0.465 e. The molecule has 0 saturated carbocycles. The van der Waals surface area contributed by atoms with Crippen LogP contribution in [-0.4, -0.2) is 65.4 Å². The lowest BCUT2D eigenvalue weighted by Gasteiger charge is -2.35. The monoisotopic (exact) mass is 329 g/mol. The maximum absolute atomic E-state index is 12.5. The van der Waals surface area contributed by atoms with Crippen molar-refractivity contribution in [2.24, 2.45) is 0 Å². The topological polar surface area (TPSA) is 65.7 Å².